The van der Waals surface area contributed by atoms with E-state index in [1.165, 1.54) is 5.56 Å². The lowest BCUT2D eigenvalue weighted by Gasteiger charge is -2.02. The maximum absolute atomic E-state index is 5.10. The van der Waals surface area contributed by atoms with Gasteiger partial charge in [-0.1, -0.05) is 42.5 Å². The van der Waals surface area contributed by atoms with Crippen molar-refractivity contribution in [2.75, 3.05) is 7.05 Å². The summed E-state index contributed by atoms with van der Waals surface area (Å²) in [5.41, 5.74) is 2.27. The van der Waals surface area contributed by atoms with Gasteiger partial charge in [-0.3, -0.25) is 0 Å². The Morgan fingerprint density at radius 3 is 2.46 bits per heavy atom. The molecule has 0 amide bonds. The molecule has 1 aromatic rings. The van der Waals surface area contributed by atoms with Crippen LogP contribution < -0.4 is 5.32 Å². The predicted molar refractivity (Wildman–Crippen MR) is 61.8 cm³/mol. The average molecular weight is 191 g/mol. The van der Waals surface area contributed by atoms with Gasteiger partial charge in [0.15, 0.2) is 0 Å². The van der Waals surface area contributed by atoms with Gasteiger partial charge in [0, 0.05) is 7.05 Å². The summed E-state index contributed by atoms with van der Waals surface area (Å²) in [6, 6.07) is 10.1. The van der Waals surface area contributed by atoms with Crippen LogP contribution in [-0.4, -0.2) is 12.0 Å². The second-order valence-corrected chi connectivity index (χ2v) is 3.23. The van der Waals surface area contributed by atoms with Crippen LogP contribution in [0.4, 0.5) is 0 Å². The first-order valence-corrected chi connectivity index (χ1v) is 4.60. The molecule has 0 fully saturated rings. The summed E-state index contributed by atoms with van der Waals surface area (Å²) in [7, 11) is 1.84. The highest BCUT2D eigenvalue weighted by Crippen LogP contribution is 2.06. The summed E-state index contributed by atoms with van der Waals surface area (Å²) in [4.78, 5) is 0.795. The SMILES string of the molecule is CNC(=S)/C(C)=C/c1ccccc1. The predicted octanol–water partition coefficient (Wildman–Crippen LogP) is 2.64. The number of thiocarbonyl (C=S) groups is 1. The zero-order valence-electron chi connectivity index (χ0n) is 7.87. The van der Waals surface area contributed by atoms with Crippen molar-refractivity contribution in [3.8, 4) is 0 Å². The third-order valence-electron chi connectivity index (χ3n) is 1.77. The van der Waals surface area contributed by atoms with E-state index < -0.39 is 0 Å². The molecular weight excluding hydrogens is 178 g/mol. The number of hydrogen-bond acceptors (Lipinski definition) is 1. The van der Waals surface area contributed by atoms with Crippen LogP contribution in [-0.2, 0) is 0 Å². The fourth-order valence-electron chi connectivity index (χ4n) is 1.06. The van der Waals surface area contributed by atoms with Gasteiger partial charge in [0.2, 0.25) is 0 Å². The van der Waals surface area contributed by atoms with E-state index in [0.29, 0.717) is 0 Å². The molecule has 13 heavy (non-hydrogen) atoms. The van der Waals surface area contributed by atoms with E-state index >= 15 is 0 Å². The molecule has 0 aliphatic heterocycles. The highest BCUT2D eigenvalue weighted by Gasteiger charge is 1.94. The summed E-state index contributed by atoms with van der Waals surface area (Å²) in [6.07, 6.45) is 2.07. The second kappa shape index (κ2) is 4.77. The summed E-state index contributed by atoms with van der Waals surface area (Å²) in [5, 5.41) is 2.95. The molecule has 0 saturated heterocycles. The van der Waals surface area contributed by atoms with E-state index in [1.807, 2.05) is 32.2 Å². The van der Waals surface area contributed by atoms with Crippen LogP contribution in [0, 0.1) is 0 Å². The Morgan fingerprint density at radius 1 is 1.31 bits per heavy atom. The van der Waals surface area contributed by atoms with Gasteiger partial charge in [-0.2, -0.15) is 0 Å². The maximum Gasteiger partial charge on any atom is 0.101 e. The van der Waals surface area contributed by atoms with Gasteiger partial charge in [0.25, 0.3) is 0 Å². The Labute approximate surface area is 84.5 Å². The van der Waals surface area contributed by atoms with Crippen LogP contribution in [0.2, 0.25) is 0 Å². The first-order chi connectivity index (χ1) is 6.24. The first-order valence-electron chi connectivity index (χ1n) is 4.19. The molecule has 0 atom stereocenters. The lowest BCUT2D eigenvalue weighted by atomic mass is 10.1. The van der Waals surface area contributed by atoms with Gasteiger partial charge < -0.3 is 5.32 Å². The van der Waals surface area contributed by atoms with Crippen molar-refractivity contribution in [3.63, 3.8) is 0 Å². The van der Waals surface area contributed by atoms with Crippen LogP contribution in [0.15, 0.2) is 35.9 Å². The fraction of sp³-hybridized carbons (Fsp3) is 0.182. The Morgan fingerprint density at radius 2 is 1.92 bits per heavy atom. The molecule has 68 valence electrons. The zero-order valence-corrected chi connectivity index (χ0v) is 8.69. The minimum absolute atomic E-state index is 0.795. The molecular formula is C11H13NS. The molecule has 0 heterocycles. The van der Waals surface area contributed by atoms with Crippen LogP contribution in [0.25, 0.3) is 6.08 Å². The molecule has 0 unspecified atom stereocenters. The first kappa shape index (κ1) is 9.93. The second-order valence-electron chi connectivity index (χ2n) is 2.82. The third kappa shape index (κ3) is 2.99. The number of likely N-dealkylation sites (N-methyl/N-ethyl adjacent to an activating group) is 1. The topological polar surface area (TPSA) is 12.0 Å². The summed E-state index contributed by atoms with van der Waals surface area (Å²) in [6.45, 7) is 2.01. The van der Waals surface area contributed by atoms with E-state index in [1.54, 1.807) is 0 Å². The Kier molecular flexibility index (Phi) is 3.65. The van der Waals surface area contributed by atoms with E-state index in [9.17, 15) is 0 Å². The molecule has 1 rings (SSSR count). The van der Waals surface area contributed by atoms with Gasteiger partial charge in [0.1, 0.15) is 4.99 Å². The Hall–Kier alpha value is -1.15. The van der Waals surface area contributed by atoms with E-state index in [-0.39, 0.29) is 0 Å². The van der Waals surface area contributed by atoms with Crippen molar-refractivity contribution >= 4 is 23.3 Å². The summed E-state index contributed by atoms with van der Waals surface area (Å²) < 4.78 is 0. The molecule has 0 aliphatic carbocycles. The molecule has 1 aromatic carbocycles. The average Bonchev–Trinajstić information content (AvgIpc) is 2.18. The monoisotopic (exact) mass is 191 g/mol. The van der Waals surface area contributed by atoms with Gasteiger partial charge in [-0.25, -0.2) is 0 Å². The molecule has 2 heteroatoms. The molecule has 0 aromatic heterocycles. The van der Waals surface area contributed by atoms with Gasteiger partial charge in [-0.05, 0) is 24.1 Å². The zero-order chi connectivity index (χ0) is 9.68. The lowest BCUT2D eigenvalue weighted by molar-refractivity contribution is 1.20. The number of nitrogens with one attached hydrogen (secondary N) is 1. The molecule has 0 spiro atoms. The number of hydrogen-bond donors (Lipinski definition) is 1. The van der Waals surface area contributed by atoms with Crippen LogP contribution >= 0.6 is 12.2 Å². The number of rotatable bonds is 2. The number of benzene rings is 1. The quantitative estimate of drug-likeness (QED) is 0.569. The van der Waals surface area contributed by atoms with Crippen molar-refractivity contribution in [2.45, 2.75) is 6.92 Å². The van der Waals surface area contributed by atoms with E-state index in [0.717, 1.165) is 10.6 Å². The van der Waals surface area contributed by atoms with Gasteiger partial charge >= 0.3 is 0 Å². The smallest absolute Gasteiger partial charge is 0.101 e. The molecule has 0 aliphatic rings. The summed E-state index contributed by atoms with van der Waals surface area (Å²) >= 11 is 5.10. The molecule has 1 nitrogen and oxygen atoms in total. The summed E-state index contributed by atoms with van der Waals surface area (Å²) in [5.74, 6) is 0. The molecule has 0 bridgehead atoms. The molecule has 0 saturated carbocycles. The normalized spacial score (nSPS) is 11.1. The fourth-order valence-corrected chi connectivity index (χ4v) is 1.12. The minimum Gasteiger partial charge on any atom is -0.379 e. The van der Waals surface area contributed by atoms with Crippen molar-refractivity contribution in [3.05, 3.63) is 41.5 Å². The van der Waals surface area contributed by atoms with Crippen molar-refractivity contribution in [1.82, 2.24) is 5.32 Å². The molecule has 0 radical (unpaired) electrons. The standard InChI is InChI=1S/C11H13NS/c1-9(11(13)12-2)8-10-6-4-3-5-7-10/h3-8H,1-2H3,(H,12,13)/b9-8+. The van der Waals surface area contributed by atoms with Crippen LogP contribution in [0.1, 0.15) is 12.5 Å². The largest absolute Gasteiger partial charge is 0.379 e. The highest BCUT2D eigenvalue weighted by atomic mass is 32.1. The molecule has 1 N–H and O–H groups in total. The van der Waals surface area contributed by atoms with Crippen LogP contribution in [0.5, 0.6) is 0 Å². The lowest BCUT2D eigenvalue weighted by Crippen LogP contribution is -2.15. The van der Waals surface area contributed by atoms with Crippen LogP contribution in [0.3, 0.4) is 0 Å². The van der Waals surface area contributed by atoms with E-state index in [4.69, 9.17) is 12.2 Å². The van der Waals surface area contributed by atoms with E-state index in [2.05, 4.69) is 23.5 Å². The highest BCUT2D eigenvalue weighted by molar-refractivity contribution is 7.80. The van der Waals surface area contributed by atoms with Gasteiger partial charge in [0.05, 0.1) is 0 Å². The van der Waals surface area contributed by atoms with Crippen molar-refractivity contribution in [1.29, 1.82) is 0 Å². The maximum atomic E-state index is 5.10. The van der Waals surface area contributed by atoms with Crippen molar-refractivity contribution < 1.29 is 0 Å². The van der Waals surface area contributed by atoms with Gasteiger partial charge in [-0.15, -0.1) is 0 Å². The Bertz CT molecular complexity index is 314. The van der Waals surface area contributed by atoms with Crippen molar-refractivity contribution in [2.24, 2.45) is 0 Å². The minimum atomic E-state index is 0.795. The Balaban J connectivity index is 2.83. The third-order valence-corrected chi connectivity index (χ3v) is 2.29.